The summed E-state index contributed by atoms with van der Waals surface area (Å²) in [5.41, 5.74) is 1.22. The Balaban J connectivity index is 0.00000312. The van der Waals surface area contributed by atoms with Gasteiger partial charge in [0.05, 0.1) is 6.61 Å². The third-order valence-electron chi connectivity index (χ3n) is 3.63. The minimum absolute atomic E-state index is 0. The van der Waals surface area contributed by atoms with Crippen LogP contribution in [0, 0.1) is 0 Å². The molecule has 0 unspecified atom stereocenters. The minimum atomic E-state index is 0. The van der Waals surface area contributed by atoms with Crippen molar-refractivity contribution in [2.24, 2.45) is 4.99 Å². The van der Waals surface area contributed by atoms with Crippen molar-refractivity contribution in [1.82, 2.24) is 20.0 Å². The normalized spacial score (nSPS) is 10.9. The number of aryl methyl sites for hydroxylation is 1. The van der Waals surface area contributed by atoms with Crippen LogP contribution >= 0.6 is 24.0 Å². The fourth-order valence-corrected chi connectivity index (χ4v) is 2.47. The molecule has 1 heterocycles. The van der Waals surface area contributed by atoms with Gasteiger partial charge in [-0.2, -0.15) is 5.10 Å². The number of ether oxygens (including phenoxy) is 1. The first kappa shape index (κ1) is 21.3. The lowest BCUT2D eigenvalue weighted by atomic mass is 10.2. The largest absolute Gasteiger partial charge is 0.494 e. The van der Waals surface area contributed by atoms with Gasteiger partial charge < -0.3 is 15.0 Å². The van der Waals surface area contributed by atoms with Gasteiger partial charge in [-0.05, 0) is 37.1 Å². The molecule has 0 atom stereocenters. The number of benzene rings is 1. The van der Waals surface area contributed by atoms with Crippen LogP contribution in [0.25, 0.3) is 0 Å². The number of nitrogens with one attached hydrogen (secondary N) is 1. The zero-order valence-electron chi connectivity index (χ0n) is 15.2. The summed E-state index contributed by atoms with van der Waals surface area (Å²) in [7, 11) is 3.85. The second kappa shape index (κ2) is 11.7. The standard InChI is InChI=1S/C18H27N5O.HI/c1-4-24-17-9-7-16(8-10-17)15-22(3)18(19-2)20-11-5-13-23-14-6-12-21-23;/h6-10,12,14H,4-5,11,13,15H2,1-3H3,(H,19,20);1H. The molecule has 0 fully saturated rings. The molecule has 0 aliphatic carbocycles. The van der Waals surface area contributed by atoms with Crippen molar-refractivity contribution < 1.29 is 4.74 Å². The van der Waals surface area contributed by atoms with Crippen LogP contribution in [0.4, 0.5) is 0 Å². The zero-order valence-corrected chi connectivity index (χ0v) is 17.5. The minimum Gasteiger partial charge on any atom is -0.494 e. The van der Waals surface area contributed by atoms with Crippen LogP contribution in [0.15, 0.2) is 47.7 Å². The maximum Gasteiger partial charge on any atom is 0.193 e. The molecule has 2 aromatic rings. The summed E-state index contributed by atoms with van der Waals surface area (Å²) in [6.07, 6.45) is 4.78. The summed E-state index contributed by atoms with van der Waals surface area (Å²) in [6.45, 7) is 5.24. The topological polar surface area (TPSA) is 54.7 Å². The van der Waals surface area contributed by atoms with Crippen molar-refractivity contribution in [3.8, 4) is 5.75 Å². The SMILES string of the molecule is CCOc1ccc(CN(C)C(=NC)NCCCn2cccn2)cc1.I. The molecule has 25 heavy (non-hydrogen) atoms. The van der Waals surface area contributed by atoms with E-state index < -0.39 is 0 Å². The molecule has 1 aromatic carbocycles. The highest BCUT2D eigenvalue weighted by molar-refractivity contribution is 14.0. The lowest BCUT2D eigenvalue weighted by molar-refractivity contribution is 0.340. The quantitative estimate of drug-likeness (QED) is 0.287. The molecule has 2 rings (SSSR count). The van der Waals surface area contributed by atoms with Crippen molar-refractivity contribution in [2.75, 3.05) is 27.2 Å². The molecule has 0 amide bonds. The van der Waals surface area contributed by atoms with Crippen LogP contribution in [0.3, 0.4) is 0 Å². The monoisotopic (exact) mass is 457 g/mol. The number of aliphatic imine (C=N–C) groups is 1. The number of rotatable bonds is 8. The maximum absolute atomic E-state index is 5.47. The predicted molar refractivity (Wildman–Crippen MR) is 113 cm³/mol. The fraction of sp³-hybridized carbons (Fsp3) is 0.444. The molecule has 138 valence electrons. The highest BCUT2D eigenvalue weighted by Gasteiger charge is 2.06. The summed E-state index contributed by atoms with van der Waals surface area (Å²) in [4.78, 5) is 6.46. The Labute approximate surface area is 167 Å². The molecule has 1 N–H and O–H groups in total. The average Bonchev–Trinajstić information content (AvgIpc) is 3.10. The first-order valence-electron chi connectivity index (χ1n) is 8.34. The van der Waals surface area contributed by atoms with E-state index in [4.69, 9.17) is 4.74 Å². The lowest BCUT2D eigenvalue weighted by Crippen LogP contribution is -2.39. The number of nitrogens with zero attached hydrogens (tertiary/aromatic N) is 4. The van der Waals surface area contributed by atoms with Gasteiger partial charge >= 0.3 is 0 Å². The van der Waals surface area contributed by atoms with Gasteiger partial charge in [0, 0.05) is 46.1 Å². The summed E-state index contributed by atoms with van der Waals surface area (Å²) in [5.74, 6) is 1.80. The Bertz CT molecular complexity index is 613. The molecule has 6 nitrogen and oxygen atoms in total. The number of hydrogen-bond donors (Lipinski definition) is 1. The first-order valence-corrected chi connectivity index (χ1v) is 8.34. The second-order valence-corrected chi connectivity index (χ2v) is 5.53. The van der Waals surface area contributed by atoms with E-state index >= 15 is 0 Å². The van der Waals surface area contributed by atoms with Gasteiger partial charge in [0.2, 0.25) is 0 Å². The molecule has 1 aromatic heterocycles. The summed E-state index contributed by atoms with van der Waals surface area (Å²) in [6, 6.07) is 10.1. The van der Waals surface area contributed by atoms with Gasteiger partial charge in [-0.1, -0.05) is 12.1 Å². The van der Waals surface area contributed by atoms with Crippen molar-refractivity contribution in [2.45, 2.75) is 26.4 Å². The maximum atomic E-state index is 5.47. The van der Waals surface area contributed by atoms with Crippen molar-refractivity contribution in [1.29, 1.82) is 0 Å². The van der Waals surface area contributed by atoms with Gasteiger partial charge in [0.25, 0.3) is 0 Å². The summed E-state index contributed by atoms with van der Waals surface area (Å²) < 4.78 is 7.41. The van der Waals surface area contributed by atoms with E-state index in [1.807, 2.05) is 50.1 Å². The van der Waals surface area contributed by atoms with E-state index in [2.05, 4.69) is 32.4 Å². The highest BCUT2D eigenvalue weighted by atomic mass is 127. The Hall–Kier alpha value is -1.77. The van der Waals surface area contributed by atoms with Gasteiger partial charge in [-0.15, -0.1) is 24.0 Å². The predicted octanol–water partition coefficient (Wildman–Crippen LogP) is 3.00. The van der Waals surface area contributed by atoms with Crippen LogP contribution in [0.2, 0.25) is 0 Å². The van der Waals surface area contributed by atoms with Crippen LogP contribution in [-0.4, -0.2) is 47.9 Å². The first-order chi connectivity index (χ1) is 11.7. The summed E-state index contributed by atoms with van der Waals surface area (Å²) in [5, 5.41) is 7.60. The van der Waals surface area contributed by atoms with Crippen molar-refractivity contribution in [3.05, 3.63) is 48.3 Å². The Morgan fingerprint density at radius 2 is 2.08 bits per heavy atom. The molecule has 0 spiro atoms. The Kier molecular flexibility index (Phi) is 9.98. The second-order valence-electron chi connectivity index (χ2n) is 5.53. The zero-order chi connectivity index (χ0) is 17.2. The van der Waals surface area contributed by atoms with Gasteiger partial charge in [-0.25, -0.2) is 0 Å². The van der Waals surface area contributed by atoms with Crippen LogP contribution in [-0.2, 0) is 13.1 Å². The van der Waals surface area contributed by atoms with E-state index in [9.17, 15) is 0 Å². The molecule has 7 heteroatoms. The number of hydrogen-bond acceptors (Lipinski definition) is 3. The smallest absolute Gasteiger partial charge is 0.193 e. The third-order valence-corrected chi connectivity index (χ3v) is 3.63. The van der Waals surface area contributed by atoms with E-state index in [1.165, 1.54) is 5.56 Å². The lowest BCUT2D eigenvalue weighted by Gasteiger charge is -2.22. The third kappa shape index (κ3) is 7.33. The van der Waals surface area contributed by atoms with Crippen LogP contribution < -0.4 is 10.1 Å². The highest BCUT2D eigenvalue weighted by Crippen LogP contribution is 2.13. The van der Waals surface area contributed by atoms with Crippen molar-refractivity contribution >= 4 is 29.9 Å². The molecule has 0 aliphatic heterocycles. The van der Waals surface area contributed by atoms with Crippen LogP contribution in [0.5, 0.6) is 5.75 Å². The fourth-order valence-electron chi connectivity index (χ4n) is 2.47. The van der Waals surface area contributed by atoms with Crippen molar-refractivity contribution in [3.63, 3.8) is 0 Å². The molecule has 0 aliphatic rings. The molecule has 0 saturated heterocycles. The Morgan fingerprint density at radius 3 is 2.68 bits per heavy atom. The van der Waals surface area contributed by atoms with E-state index in [0.717, 1.165) is 37.8 Å². The Morgan fingerprint density at radius 1 is 1.32 bits per heavy atom. The molecule has 0 radical (unpaired) electrons. The number of halogens is 1. The summed E-state index contributed by atoms with van der Waals surface area (Å²) >= 11 is 0. The van der Waals surface area contributed by atoms with Gasteiger partial charge in [0.15, 0.2) is 5.96 Å². The molecular formula is C18H28IN5O. The van der Waals surface area contributed by atoms with Crippen LogP contribution in [0.1, 0.15) is 18.9 Å². The van der Waals surface area contributed by atoms with E-state index in [1.54, 1.807) is 6.20 Å². The number of aromatic nitrogens is 2. The average molecular weight is 457 g/mol. The van der Waals surface area contributed by atoms with Gasteiger partial charge in [0.1, 0.15) is 5.75 Å². The number of guanidine groups is 1. The van der Waals surface area contributed by atoms with Gasteiger partial charge in [-0.3, -0.25) is 9.67 Å². The molecule has 0 saturated carbocycles. The van der Waals surface area contributed by atoms with E-state index in [-0.39, 0.29) is 24.0 Å². The molecule has 0 bridgehead atoms. The van der Waals surface area contributed by atoms with E-state index in [0.29, 0.717) is 6.61 Å². The molecular weight excluding hydrogens is 429 g/mol.